The van der Waals surface area contributed by atoms with Gasteiger partial charge in [-0.25, -0.2) is 9.13 Å². The van der Waals surface area contributed by atoms with E-state index < -0.39 is 97.5 Å². The Bertz CT molecular complexity index is 2000. The summed E-state index contributed by atoms with van der Waals surface area (Å²) in [7, 11) is -9.93. The number of hydrogen-bond donors (Lipinski definition) is 3. The highest BCUT2D eigenvalue weighted by atomic mass is 31.2. The minimum atomic E-state index is -4.97. The number of rotatable bonds is 77. The Morgan fingerprint density at radius 1 is 0.333 bits per heavy atom. The molecule has 584 valence electrons. The number of ether oxygens (including phenoxy) is 4. The zero-order valence-electron chi connectivity index (χ0n) is 64.3. The molecule has 0 aliphatic rings. The first-order chi connectivity index (χ1) is 47.9. The third kappa shape index (κ3) is 72.3. The molecule has 0 amide bonds. The summed E-state index contributed by atoms with van der Waals surface area (Å²) in [5.74, 6) is -0.681. The van der Waals surface area contributed by atoms with Crippen LogP contribution in [-0.2, 0) is 65.4 Å². The van der Waals surface area contributed by atoms with E-state index >= 15 is 0 Å². The molecule has 0 aliphatic carbocycles. The van der Waals surface area contributed by atoms with E-state index in [0.29, 0.717) is 25.7 Å². The van der Waals surface area contributed by atoms with Crippen molar-refractivity contribution in [3.8, 4) is 0 Å². The van der Waals surface area contributed by atoms with Gasteiger partial charge in [0.2, 0.25) is 0 Å². The minimum absolute atomic E-state index is 0.102. The van der Waals surface area contributed by atoms with Gasteiger partial charge in [0.25, 0.3) is 0 Å². The van der Waals surface area contributed by atoms with Crippen molar-refractivity contribution in [2.45, 2.75) is 413 Å². The number of aliphatic hydroxyl groups is 1. The second-order valence-corrected chi connectivity index (χ2v) is 31.7. The Hall–Kier alpha value is -2.46. The maximum absolute atomic E-state index is 13.1. The molecule has 0 aromatic heterocycles. The molecule has 0 fully saturated rings. The SMILES string of the molecule is CCCCCC/C=C\C=C/CCCCCCCC(=O)OC[C@H](COP(=O)(O)OC[C@@H](O)COP(=O)(O)OC[C@@H](COC(=O)CCCCCCCCC(C)CC)OC(=O)CCCCCCCCCCCC(C)C)OC(=O)CCCCCCCCCCCCCCCCCCCCCCCC. The number of esters is 4. The number of aliphatic hydroxyl groups excluding tert-OH is 1. The number of phosphoric ester groups is 2. The monoisotopic (exact) mass is 1450 g/mol. The molecule has 0 aromatic carbocycles. The van der Waals surface area contributed by atoms with Gasteiger partial charge in [0.1, 0.15) is 19.3 Å². The molecular formula is C80H152O17P2. The summed E-state index contributed by atoms with van der Waals surface area (Å²) in [4.78, 5) is 72.9. The quantitative estimate of drug-likeness (QED) is 0.0169. The third-order valence-electron chi connectivity index (χ3n) is 18.4. The fourth-order valence-electron chi connectivity index (χ4n) is 11.8. The molecule has 99 heavy (non-hydrogen) atoms. The molecule has 0 spiro atoms. The van der Waals surface area contributed by atoms with E-state index in [1.54, 1.807) is 0 Å². The summed E-state index contributed by atoms with van der Waals surface area (Å²) in [6.45, 7) is 9.48. The van der Waals surface area contributed by atoms with Gasteiger partial charge in [-0.15, -0.1) is 0 Å². The van der Waals surface area contributed by atoms with Gasteiger partial charge < -0.3 is 33.8 Å². The van der Waals surface area contributed by atoms with Crippen molar-refractivity contribution in [1.82, 2.24) is 0 Å². The molecule has 3 unspecified atom stereocenters. The van der Waals surface area contributed by atoms with Crippen LogP contribution in [0.5, 0.6) is 0 Å². The van der Waals surface area contributed by atoms with Crippen LogP contribution in [0.3, 0.4) is 0 Å². The zero-order chi connectivity index (χ0) is 72.8. The highest BCUT2D eigenvalue weighted by Gasteiger charge is 2.30. The van der Waals surface area contributed by atoms with Crippen LogP contribution in [0.1, 0.15) is 395 Å². The lowest BCUT2D eigenvalue weighted by atomic mass is 10.00. The molecule has 3 N–H and O–H groups in total. The summed E-state index contributed by atoms with van der Waals surface area (Å²) in [6.07, 6.45) is 63.5. The Balaban J connectivity index is 5.24. The van der Waals surface area contributed by atoms with Crippen LogP contribution in [0.15, 0.2) is 24.3 Å². The topological polar surface area (TPSA) is 237 Å². The molecule has 0 radical (unpaired) electrons. The first-order valence-electron chi connectivity index (χ1n) is 40.8. The molecule has 0 heterocycles. The molecule has 19 heteroatoms. The van der Waals surface area contributed by atoms with Crippen LogP contribution in [0.25, 0.3) is 0 Å². The van der Waals surface area contributed by atoms with Gasteiger partial charge in [-0.3, -0.25) is 37.3 Å². The number of phosphoric acid groups is 2. The van der Waals surface area contributed by atoms with Crippen molar-refractivity contribution in [2.75, 3.05) is 39.6 Å². The Morgan fingerprint density at radius 3 is 0.909 bits per heavy atom. The Morgan fingerprint density at radius 2 is 0.596 bits per heavy atom. The fraction of sp³-hybridized carbons (Fsp3) is 0.900. The molecule has 0 saturated carbocycles. The number of carbonyl (C=O) groups excluding carboxylic acids is 4. The molecular weight excluding hydrogens is 1290 g/mol. The van der Waals surface area contributed by atoms with Crippen molar-refractivity contribution in [2.24, 2.45) is 11.8 Å². The highest BCUT2D eigenvalue weighted by molar-refractivity contribution is 7.47. The molecule has 17 nitrogen and oxygen atoms in total. The van der Waals surface area contributed by atoms with Crippen molar-refractivity contribution in [1.29, 1.82) is 0 Å². The van der Waals surface area contributed by atoms with Crippen molar-refractivity contribution in [3.05, 3.63) is 24.3 Å². The molecule has 0 aromatic rings. The smallest absolute Gasteiger partial charge is 0.462 e. The number of allylic oxidation sites excluding steroid dienone is 4. The highest BCUT2D eigenvalue weighted by Crippen LogP contribution is 2.45. The van der Waals surface area contributed by atoms with Crippen LogP contribution in [0.2, 0.25) is 0 Å². The summed E-state index contributed by atoms with van der Waals surface area (Å²) in [5, 5.41) is 10.6. The second-order valence-electron chi connectivity index (χ2n) is 28.8. The van der Waals surface area contributed by atoms with Crippen molar-refractivity contribution >= 4 is 39.5 Å². The van der Waals surface area contributed by atoms with Gasteiger partial charge in [0.15, 0.2) is 12.2 Å². The number of carbonyl (C=O) groups is 4. The molecule has 0 rings (SSSR count). The normalized spacial score (nSPS) is 14.4. The van der Waals surface area contributed by atoms with Crippen LogP contribution >= 0.6 is 15.6 Å². The van der Waals surface area contributed by atoms with E-state index in [1.165, 1.54) is 186 Å². The average Bonchev–Trinajstić information content (AvgIpc) is 1.09. The van der Waals surface area contributed by atoms with Gasteiger partial charge in [-0.05, 0) is 63.2 Å². The second kappa shape index (κ2) is 71.2. The third-order valence-corrected chi connectivity index (χ3v) is 20.3. The van der Waals surface area contributed by atoms with Gasteiger partial charge in [0.05, 0.1) is 26.4 Å². The van der Waals surface area contributed by atoms with E-state index in [0.717, 1.165) is 127 Å². The predicted molar refractivity (Wildman–Crippen MR) is 404 cm³/mol. The largest absolute Gasteiger partial charge is 0.472 e. The Labute approximate surface area is 605 Å². The zero-order valence-corrected chi connectivity index (χ0v) is 66.1. The fourth-order valence-corrected chi connectivity index (χ4v) is 13.4. The molecule has 0 saturated heterocycles. The molecule has 6 atom stereocenters. The lowest BCUT2D eigenvalue weighted by Gasteiger charge is -2.21. The summed E-state index contributed by atoms with van der Waals surface area (Å²) in [6, 6.07) is 0. The number of unbranched alkanes of at least 4 members (excludes halogenated alkanes) is 43. The van der Waals surface area contributed by atoms with Crippen LogP contribution in [0.4, 0.5) is 0 Å². The van der Waals surface area contributed by atoms with Crippen LogP contribution < -0.4 is 0 Å². The molecule has 0 aliphatic heterocycles. The van der Waals surface area contributed by atoms with E-state index in [2.05, 4.69) is 65.8 Å². The van der Waals surface area contributed by atoms with E-state index in [9.17, 15) is 43.2 Å². The maximum Gasteiger partial charge on any atom is 0.472 e. The van der Waals surface area contributed by atoms with Gasteiger partial charge in [0, 0.05) is 25.7 Å². The van der Waals surface area contributed by atoms with Gasteiger partial charge >= 0.3 is 39.5 Å². The lowest BCUT2D eigenvalue weighted by molar-refractivity contribution is -0.161. The lowest BCUT2D eigenvalue weighted by Crippen LogP contribution is -2.30. The van der Waals surface area contributed by atoms with Crippen LogP contribution in [0, 0.1) is 11.8 Å². The minimum Gasteiger partial charge on any atom is -0.462 e. The summed E-state index contributed by atoms with van der Waals surface area (Å²) < 4.78 is 68.6. The standard InChI is InChI=1S/C80H152O17P2/c1-7-10-12-14-16-18-20-22-24-25-26-27-28-29-30-32-34-36-40-44-52-58-64-79(84)96-75(68-90-77(82)62-56-50-43-39-35-33-31-23-21-19-17-15-13-11-8-2)70-94-98(86,87)92-66-74(81)67-93-99(88,89)95-71-76(69-91-78(83)63-57-51-47-46-49-55-61-73(6)9-3)97-80(85)65-59-53-45-41-37-38-42-48-54-60-72(4)5/h19,21,23,31,72-76,81H,7-18,20,22,24-30,32-71H2,1-6H3,(H,86,87)(H,88,89)/b21-19-,31-23-/t73?,74-,75-,76-/m1/s1. The Kier molecular flexibility index (Phi) is 69.4. The average molecular weight is 1450 g/mol. The van der Waals surface area contributed by atoms with Crippen molar-refractivity contribution < 1.29 is 80.2 Å². The summed E-state index contributed by atoms with van der Waals surface area (Å²) >= 11 is 0. The van der Waals surface area contributed by atoms with Crippen molar-refractivity contribution in [3.63, 3.8) is 0 Å². The van der Waals surface area contributed by atoms with E-state index in [4.69, 9.17) is 37.0 Å². The maximum atomic E-state index is 13.1. The number of hydrogen-bond acceptors (Lipinski definition) is 15. The van der Waals surface area contributed by atoms with Gasteiger partial charge in [-0.2, -0.15) is 0 Å². The summed E-state index contributed by atoms with van der Waals surface area (Å²) in [5.41, 5.74) is 0. The van der Waals surface area contributed by atoms with E-state index in [-0.39, 0.29) is 25.7 Å². The first kappa shape index (κ1) is 96.5. The first-order valence-corrected chi connectivity index (χ1v) is 43.8. The molecule has 0 bridgehead atoms. The van der Waals surface area contributed by atoms with E-state index in [1.807, 2.05) is 0 Å². The van der Waals surface area contributed by atoms with Gasteiger partial charge in [-0.1, -0.05) is 342 Å². The predicted octanol–water partition coefficient (Wildman–Crippen LogP) is 23.4. The van der Waals surface area contributed by atoms with Crippen LogP contribution in [-0.4, -0.2) is 96.7 Å².